The first-order valence-corrected chi connectivity index (χ1v) is 9.61. The van der Waals surface area contributed by atoms with Crippen LogP contribution in [0.15, 0.2) is 0 Å². The van der Waals surface area contributed by atoms with E-state index in [1.54, 1.807) is 0 Å². The maximum absolute atomic E-state index is 12.2. The van der Waals surface area contributed by atoms with Crippen molar-refractivity contribution in [1.82, 2.24) is 10.6 Å². The van der Waals surface area contributed by atoms with Gasteiger partial charge in [0.2, 0.25) is 0 Å². The molecule has 0 spiro atoms. The van der Waals surface area contributed by atoms with Crippen LogP contribution >= 0.6 is 0 Å². The van der Waals surface area contributed by atoms with Gasteiger partial charge in [-0.05, 0) is 75.0 Å². The lowest BCUT2D eigenvalue weighted by Gasteiger charge is -2.59. The summed E-state index contributed by atoms with van der Waals surface area (Å²) in [6.07, 6.45) is 11.1. The lowest BCUT2D eigenvalue weighted by molar-refractivity contribution is -0.141. The highest BCUT2D eigenvalue weighted by atomic mass is 16.2. The van der Waals surface area contributed by atoms with Gasteiger partial charge in [0.1, 0.15) is 0 Å². The van der Waals surface area contributed by atoms with Crippen LogP contribution < -0.4 is 10.6 Å². The first-order valence-electron chi connectivity index (χ1n) is 9.61. The van der Waals surface area contributed by atoms with Crippen molar-refractivity contribution in [2.75, 3.05) is 6.54 Å². The van der Waals surface area contributed by atoms with Crippen molar-refractivity contribution in [3.63, 3.8) is 0 Å². The van der Waals surface area contributed by atoms with Gasteiger partial charge in [-0.15, -0.1) is 0 Å². The highest BCUT2D eigenvalue weighted by Gasteiger charge is 2.53. The Kier molecular flexibility index (Phi) is 4.98. The molecule has 130 valence electrons. The third-order valence-electron chi connectivity index (χ3n) is 6.62. The van der Waals surface area contributed by atoms with E-state index in [0.29, 0.717) is 6.54 Å². The maximum Gasteiger partial charge on any atom is 0.309 e. The molecule has 4 bridgehead atoms. The molecule has 4 aliphatic carbocycles. The molecular formula is C19H32N2O2. The lowest BCUT2D eigenvalue weighted by Crippen LogP contribution is -2.57. The Hall–Kier alpha value is -1.06. The average Bonchev–Trinajstić information content (AvgIpc) is 2.50. The maximum atomic E-state index is 12.2. The van der Waals surface area contributed by atoms with E-state index in [-0.39, 0.29) is 11.5 Å². The summed E-state index contributed by atoms with van der Waals surface area (Å²) in [5, 5.41) is 5.77. The van der Waals surface area contributed by atoms with Crippen LogP contribution in [-0.2, 0) is 9.59 Å². The van der Waals surface area contributed by atoms with Crippen molar-refractivity contribution in [2.24, 2.45) is 23.2 Å². The molecule has 0 aromatic rings. The van der Waals surface area contributed by atoms with Crippen LogP contribution in [0.25, 0.3) is 0 Å². The number of hydrogen-bond donors (Lipinski definition) is 2. The molecule has 4 aliphatic rings. The normalized spacial score (nSPS) is 35.8. The molecular weight excluding hydrogens is 288 g/mol. The Morgan fingerprint density at radius 3 is 2.09 bits per heavy atom. The monoisotopic (exact) mass is 320 g/mol. The number of hydrogen-bond acceptors (Lipinski definition) is 2. The topological polar surface area (TPSA) is 58.2 Å². The Bertz CT molecular complexity index is 425. The Balaban J connectivity index is 1.51. The van der Waals surface area contributed by atoms with Crippen LogP contribution in [0, 0.1) is 23.2 Å². The predicted molar refractivity (Wildman–Crippen MR) is 90.7 cm³/mol. The first kappa shape index (κ1) is 16.8. The molecule has 4 rings (SSSR count). The van der Waals surface area contributed by atoms with E-state index < -0.39 is 11.8 Å². The van der Waals surface area contributed by atoms with E-state index in [9.17, 15) is 9.59 Å². The van der Waals surface area contributed by atoms with Crippen LogP contribution in [0.5, 0.6) is 0 Å². The second kappa shape index (κ2) is 6.82. The molecule has 0 aromatic heterocycles. The number of carbonyl (C=O) groups excluding carboxylic acids is 2. The van der Waals surface area contributed by atoms with E-state index in [4.69, 9.17) is 0 Å². The van der Waals surface area contributed by atoms with Crippen molar-refractivity contribution < 1.29 is 9.59 Å². The minimum absolute atomic E-state index is 0.116. The van der Waals surface area contributed by atoms with Gasteiger partial charge in [0.05, 0.1) is 0 Å². The number of carbonyl (C=O) groups is 2. The van der Waals surface area contributed by atoms with Crippen molar-refractivity contribution in [1.29, 1.82) is 0 Å². The van der Waals surface area contributed by atoms with Crippen LogP contribution in [-0.4, -0.2) is 24.4 Å². The molecule has 0 aromatic carbocycles. The van der Waals surface area contributed by atoms with Crippen molar-refractivity contribution in [3.05, 3.63) is 0 Å². The fourth-order valence-corrected chi connectivity index (χ4v) is 5.78. The second-order valence-electron chi connectivity index (χ2n) is 8.44. The molecule has 1 atom stereocenters. The van der Waals surface area contributed by atoms with Gasteiger partial charge < -0.3 is 10.6 Å². The van der Waals surface area contributed by atoms with Crippen molar-refractivity contribution in [3.8, 4) is 0 Å². The number of amides is 2. The summed E-state index contributed by atoms with van der Waals surface area (Å²) in [4.78, 5) is 24.1. The summed E-state index contributed by atoms with van der Waals surface area (Å²) in [5.41, 5.74) is 0.257. The first-order chi connectivity index (χ1) is 11.0. The zero-order valence-electron chi connectivity index (χ0n) is 14.7. The average molecular weight is 320 g/mol. The third-order valence-corrected chi connectivity index (χ3v) is 6.62. The molecule has 4 heteroatoms. The molecule has 2 N–H and O–H groups in total. The predicted octanol–water partition coefficient (Wildman–Crippen LogP) is 3.01. The van der Waals surface area contributed by atoms with Crippen LogP contribution in [0.2, 0.25) is 0 Å². The van der Waals surface area contributed by atoms with Crippen LogP contribution in [0.3, 0.4) is 0 Å². The largest absolute Gasteiger partial charge is 0.348 e. The molecule has 23 heavy (non-hydrogen) atoms. The Morgan fingerprint density at radius 1 is 1.00 bits per heavy atom. The minimum Gasteiger partial charge on any atom is -0.348 e. The molecule has 2 amide bonds. The van der Waals surface area contributed by atoms with Gasteiger partial charge in [-0.1, -0.05) is 19.8 Å². The zero-order chi connectivity index (χ0) is 16.4. The quantitative estimate of drug-likeness (QED) is 0.584. The molecule has 0 aliphatic heterocycles. The van der Waals surface area contributed by atoms with Gasteiger partial charge >= 0.3 is 11.8 Å². The van der Waals surface area contributed by atoms with E-state index in [1.807, 2.05) is 0 Å². The summed E-state index contributed by atoms with van der Waals surface area (Å²) in [6, 6.07) is 0.116. The SMILES string of the molecule is CCCCCNC(=O)C(=O)NC(C)C12CC3CC(CC(C3)C1)C2. The fourth-order valence-electron chi connectivity index (χ4n) is 5.78. The van der Waals surface area contributed by atoms with Gasteiger partial charge in [0.25, 0.3) is 0 Å². The van der Waals surface area contributed by atoms with E-state index in [2.05, 4.69) is 24.5 Å². The van der Waals surface area contributed by atoms with Crippen LogP contribution in [0.4, 0.5) is 0 Å². The lowest BCUT2D eigenvalue weighted by atomic mass is 9.48. The van der Waals surface area contributed by atoms with E-state index in [0.717, 1.165) is 37.0 Å². The Morgan fingerprint density at radius 2 is 1.57 bits per heavy atom. The molecule has 0 radical (unpaired) electrons. The van der Waals surface area contributed by atoms with Crippen molar-refractivity contribution in [2.45, 2.75) is 77.7 Å². The van der Waals surface area contributed by atoms with Gasteiger partial charge in [0.15, 0.2) is 0 Å². The standard InChI is InChI=1S/C19H32N2O2/c1-3-4-5-6-20-17(22)18(23)21-13(2)19-10-14-7-15(11-19)9-16(8-14)12-19/h13-16H,3-12H2,1-2H3,(H,20,22)(H,21,23). The summed E-state index contributed by atoms with van der Waals surface area (Å²) >= 11 is 0. The number of nitrogens with one attached hydrogen (secondary N) is 2. The summed E-state index contributed by atoms with van der Waals surface area (Å²) in [5.74, 6) is 1.69. The van der Waals surface area contributed by atoms with Gasteiger partial charge in [0, 0.05) is 12.6 Å². The van der Waals surface area contributed by atoms with Gasteiger partial charge in [-0.25, -0.2) is 0 Å². The molecule has 4 nitrogen and oxygen atoms in total. The molecule has 0 saturated heterocycles. The smallest absolute Gasteiger partial charge is 0.309 e. The molecule has 1 unspecified atom stereocenters. The van der Waals surface area contributed by atoms with Gasteiger partial charge in [-0.2, -0.15) is 0 Å². The number of rotatable bonds is 6. The highest BCUT2D eigenvalue weighted by molar-refractivity contribution is 6.35. The summed E-state index contributed by atoms with van der Waals surface area (Å²) in [7, 11) is 0. The summed E-state index contributed by atoms with van der Waals surface area (Å²) < 4.78 is 0. The fraction of sp³-hybridized carbons (Fsp3) is 0.895. The minimum atomic E-state index is -0.460. The molecule has 0 heterocycles. The summed E-state index contributed by atoms with van der Waals surface area (Å²) in [6.45, 7) is 4.85. The van der Waals surface area contributed by atoms with Crippen LogP contribution in [0.1, 0.15) is 71.6 Å². The second-order valence-corrected chi connectivity index (χ2v) is 8.44. The van der Waals surface area contributed by atoms with Gasteiger partial charge in [-0.3, -0.25) is 9.59 Å². The van der Waals surface area contributed by atoms with Crippen molar-refractivity contribution >= 4 is 11.8 Å². The molecule has 4 fully saturated rings. The third kappa shape index (κ3) is 3.56. The van der Waals surface area contributed by atoms with E-state index >= 15 is 0 Å². The number of unbranched alkanes of at least 4 members (excludes halogenated alkanes) is 2. The zero-order valence-corrected chi connectivity index (χ0v) is 14.7. The molecule has 4 saturated carbocycles. The Labute approximate surface area is 140 Å². The highest BCUT2D eigenvalue weighted by Crippen LogP contribution is 2.61. The van der Waals surface area contributed by atoms with E-state index in [1.165, 1.54) is 38.5 Å².